The maximum absolute atomic E-state index is 11.1. The number of aromatic carboxylic acids is 1. The first kappa shape index (κ1) is 20.4. The van der Waals surface area contributed by atoms with Crippen LogP contribution in [0.25, 0.3) is 11.6 Å². The zero-order valence-corrected chi connectivity index (χ0v) is 18.0. The molecule has 0 spiro atoms. The van der Waals surface area contributed by atoms with Gasteiger partial charge in [0, 0.05) is 0 Å². The summed E-state index contributed by atoms with van der Waals surface area (Å²) in [5.74, 6) is -0.889. The Hall–Kier alpha value is -2.35. The molecule has 0 radical (unpaired) electrons. The second-order valence-electron chi connectivity index (χ2n) is 9.43. The maximum Gasteiger partial charge on any atom is 0.335 e. The summed E-state index contributed by atoms with van der Waals surface area (Å²) in [4.78, 5) is 11.1. The summed E-state index contributed by atoms with van der Waals surface area (Å²) in [6.45, 7) is 13.8. The summed E-state index contributed by atoms with van der Waals surface area (Å²) in [6, 6.07) is 12.0. The molecule has 0 fully saturated rings. The van der Waals surface area contributed by atoms with E-state index in [1.807, 2.05) is 12.1 Å². The standard InChI is InChI=1S/C26H32O2/c1-7-19-15-22-23(26(5,6)13-12-25(22,3)4)16-21(19)17(2)14-18-8-10-20(11-9-18)24(27)28/h8-11,14-16H,7,12-13H2,1-6H3,(H,27,28)/b17-14-. The van der Waals surface area contributed by atoms with Crippen LogP contribution in [-0.2, 0) is 17.3 Å². The SMILES string of the molecule is CCc1cc2c(cc1/C(C)=C\c1ccc(C(=O)O)cc1)C(C)(C)CCC2(C)C. The van der Waals surface area contributed by atoms with Crippen LogP contribution in [0.5, 0.6) is 0 Å². The van der Waals surface area contributed by atoms with E-state index in [2.05, 4.69) is 59.8 Å². The lowest BCUT2D eigenvalue weighted by Gasteiger charge is -2.42. The largest absolute Gasteiger partial charge is 0.478 e. The highest BCUT2D eigenvalue weighted by atomic mass is 16.4. The molecule has 3 rings (SSSR count). The highest BCUT2D eigenvalue weighted by molar-refractivity contribution is 5.88. The average molecular weight is 377 g/mol. The summed E-state index contributed by atoms with van der Waals surface area (Å²) < 4.78 is 0. The van der Waals surface area contributed by atoms with E-state index < -0.39 is 5.97 Å². The predicted molar refractivity (Wildman–Crippen MR) is 118 cm³/mol. The molecule has 2 aromatic carbocycles. The van der Waals surface area contributed by atoms with E-state index in [0.717, 1.165) is 12.0 Å². The smallest absolute Gasteiger partial charge is 0.335 e. The van der Waals surface area contributed by atoms with Crippen LogP contribution >= 0.6 is 0 Å². The van der Waals surface area contributed by atoms with E-state index in [-0.39, 0.29) is 10.8 Å². The molecule has 1 N–H and O–H groups in total. The van der Waals surface area contributed by atoms with E-state index >= 15 is 0 Å². The fraction of sp³-hybridized carbons (Fsp3) is 0.423. The Bertz CT molecular complexity index is 928. The van der Waals surface area contributed by atoms with Gasteiger partial charge in [-0.1, -0.05) is 65.0 Å². The molecule has 2 nitrogen and oxygen atoms in total. The molecular weight excluding hydrogens is 344 g/mol. The van der Waals surface area contributed by atoms with Crippen LogP contribution in [0.4, 0.5) is 0 Å². The molecule has 2 heteroatoms. The highest BCUT2D eigenvalue weighted by Gasteiger charge is 2.37. The lowest BCUT2D eigenvalue weighted by atomic mass is 9.62. The molecule has 1 aliphatic rings. The van der Waals surface area contributed by atoms with E-state index in [4.69, 9.17) is 5.11 Å². The van der Waals surface area contributed by atoms with Crippen molar-refractivity contribution in [3.05, 3.63) is 69.8 Å². The van der Waals surface area contributed by atoms with Crippen molar-refractivity contribution < 1.29 is 9.90 Å². The van der Waals surface area contributed by atoms with Gasteiger partial charge in [0.15, 0.2) is 0 Å². The summed E-state index contributed by atoms with van der Waals surface area (Å²) in [5, 5.41) is 9.09. The predicted octanol–water partition coefficient (Wildman–Crippen LogP) is 6.86. The van der Waals surface area contributed by atoms with Crippen LogP contribution in [0.1, 0.15) is 92.6 Å². The Morgan fingerprint density at radius 2 is 1.54 bits per heavy atom. The summed E-state index contributed by atoms with van der Waals surface area (Å²) >= 11 is 0. The molecule has 0 saturated carbocycles. The normalized spacial score (nSPS) is 17.9. The minimum Gasteiger partial charge on any atom is -0.478 e. The van der Waals surface area contributed by atoms with Crippen LogP contribution in [0.15, 0.2) is 36.4 Å². The molecule has 0 atom stereocenters. The molecule has 0 heterocycles. The average Bonchev–Trinajstić information content (AvgIpc) is 2.65. The first-order valence-corrected chi connectivity index (χ1v) is 10.2. The molecule has 148 valence electrons. The van der Waals surface area contributed by atoms with Crippen LogP contribution in [0.2, 0.25) is 0 Å². The Kier molecular flexibility index (Phi) is 5.27. The number of carboxylic acids is 1. The van der Waals surface area contributed by atoms with Crippen LogP contribution in [0.3, 0.4) is 0 Å². The molecule has 0 aliphatic heterocycles. The molecule has 2 aromatic rings. The quantitative estimate of drug-likeness (QED) is 0.592. The maximum atomic E-state index is 11.1. The third-order valence-corrected chi connectivity index (χ3v) is 6.42. The van der Waals surface area contributed by atoms with Crippen molar-refractivity contribution in [2.45, 2.75) is 71.6 Å². The van der Waals surface area contributed by atoms with Crippen molar-refractivity contribution >= 4 is 17.6 Å². The third kappa shape index (κ3) is 3.78. The van der Waals surface area contributed by atoms with Gasteiger partial charge >= 0.3 is 5.97 Å². The van der Waals surface area contributed by atoms with Gasteiger partial charge in [0.2, 0.25) is 0 Å². The summed E-state index contributed by atoms with van der Waals surface area (Å²) in [5.41, 5.74) is 8.67. The van der Waals surface area contributed by atoms with E-state index in [0.29, 0.717) is 5.56 Å². The Morgan fingerprint density at radius 3 is 2.04 bits per heavy atom. The molecular formula is C26H32O2. The van der Waals surface area contributed by atoms with Crippen molar-refractivity contribution in [2.75, 3.05) is 0 Å². The van der Waals surface area contributed by atoms with Crippen molar-refractivity contribution in [1.29, 1.82) is 0 Å². The fourth-order valence-corrected chi connectivity index (χ4v) is 4.37. The first-order chi connectivity index (χ1) is 13.0. The van der Waals surface area contributed by atoms with Crippen LogP contribution in [0, 0.1) is 0 Å². The molecule has 1 aliphatic carbocycles. The zero-order valence-electron chi connectivity index (χ0n) is 18.0. The Labute approximate surface area is 169 Å². The number of allylic oxidation sites excluding steroid dienone is 1. The Balaban J connectivity index is 2.09. The van der Waals surface area contributed by atoms with E-state index in [9.17, 15) is 4.79 Å². The minimum absolute atomic E-state index is 0.190. The minimum atomic E-state index is -0.889. The fourth-order valence-electron chi connectivity index (χ4n) is 4.37. The number of fused-ring (bicyclic) bond motifs is 1. The third-order valence-electron chi connectivity index (χ3n) is 6.42. The first-order valence-electron chi connectivity index (χ1n) is 10.2. The van der Waals surface area contributed by atoms with Crippen molar-refractivity contribution in [1.82, 2.24) is 0 Å². The topological polar surface area (TPSA) is 37.3 Å². The van der Waals surface area contributed by atoms with Gasteiger partial charge in [-0.2, -0.15) is 0 Å². The Morgan fingerprint density at radius 1 is 1.00 bits per heavy atom. The van der Waals surface area contributed by atoms with Crippen molar-refractivity contribution in [2.24, 2.45) is 0 Å². The number of carboxylic acid groups (broad SMARTS) is 1. The zero-order chi connectivity index (χ0) is 20.7. The van der Waals surface area contributed by atoms with Gasteiger partial charge in [0.05, 0.1) is 5.56 Å². The second-order valence-corrected chi connectivity index (χ2v) is 9.43. The van der Waals surface area contributed by atoms with Crippen molar-refractivity contribution in [3.63, 3.8) is 0 Å². The van der Waals surface area contributed by atoms with Crippen LogP contribution in [-0.4, -0.2) is 11.1 Å². The molecule has 0 aromatic heterocycles. The van der Waals surface area contributed by atoms with E-state index in [1.54, 1.807) is 12.1 Å². The van der Waals surface area contributed by atoms with Crippen molar-refractivity contribution in [3.8, 4) is 0 Å². The van der Waals surface area contributed by atoms with E-state index in [1.165, 1.54) is 40.7 Å². The van der Waals surface area contributed by atoms with Gasteiger partial charge < -0.3 is 5.11 Å². The highest BCUT2D eigenvalue weighted by Crippen LogP contribution is 2.47. The van der Waals surface area contributed by atoms with Gasteiger partial charge in [0.1, 0.15) is 0 Å². The second kappa shape index (κ2) is 7.24. The van der Waals surface area contributed by atoms with Crippen LogP contribution < -0.4 is 0 Å². The summed E-state index contributed by atoms with van der Waals surface area (Å²) in [6.07, 6.45) is 5.59. The number of hydrogen-bond acceptors (Lipinski definition) is 1. The number of aryl methyl sites for hydroxylation is 1. The van der Waals surface area contributed by atoms with Gasteiger partial charge in [-0.25, -0.2) is 4.79 Å². The monoisotopic (exact) mass is 376 g/mol. The lowest BCUT2D eigenvalue weighted by molar-refractivity contribution is 0.0697. The number of carbonyl (C=O) groups is 1. The lowest BCUT2D eigenvalue weighted by Crippen LogP contribution is -2.34. The van der Waals surface area contributed by atoms with Gasteiger partial charge in [0.25, 0.3) is 0 Å². The molecule has 0 saturated heterocycles. The molecule has 0 bridgehead atoms. The molecule has 28 heavy (non-hydrogen) atoms. The van der Waals surface area contributed by atoms with Gasteiger partial charge in [-0.3, -0.25) is 0 Å². The van der Waals surface area contributed by atoms with Gasteiger partial charge in [-0.15, -0.1) is 0 Å². The number of hydrogen-bond donors (Lipinski definition) is 1. The number of rotatable bonds is 4. The number of benzene rings is 2. The molecule has 0 amide bonds. The summed E-state index contributed by atoms with van der Waals surface area (Å²) in [7, 11) is 0. The molecule has 0 unspecified atom stereocenters. The van der Waals surface area contributed by atoms with Gasteiger partial charge in [-0.05, 0) is 82.5 Å².